The minimum Gasteiger partial charge on any atom is -0.477 e. The van der Waals surface area contributed by atoms with Crippen molar-refractivity contribution in [3.63, 3.8) is 0 Å². The molecule has 0 aliphatic heterocycles. The van der Waals surface area contributed by atoms with Gasteiger partial charge in [0.15, 0.2) is 0 Å². The molecule has 5 N–H and O–H groups in total. The third-order valence-corrected chi connectivity index (χ3v) is 4.36. The Labute approximate surface area is 107 Å². The van der Waals surface area contributed by atoms with Gasteiger partial charge in [-0.25, -0.2) is 22.7 Å². The monoisotopic (exact) mass is 293 g/mol. The van der Waals surface area contributed by atoms with Crippen LogP contribution in [0.25, 0.3) is 0 Å². The Hall–Kier alpha value is -1.65. The summed E-state index contributed by atoms with van der Waals surface area (Å²) in [5.41, 5.74) is 4.80. The molecule has 0 spiro atoms. The number of hydrogen-bond acceptors (Lipinski definition) is 5. The molecule has 1 rings (SSSR count). The lowest BCUT2D eigenvalue weighted by Gasteiger charge is -2.06. The van der Waals surface area contributed by atoms with E-state index in [1.165, 1.54) is 11.4 Å². The third kappa shape index (κ3) is 3.68. The Balaban J connectivity index is 2.72. The van der Waals surface area contributed by atoms with Crippen LogP contribution in [0.4, 0.5) is 4.79 Å². The third-order valence-electron chi connectivity index (χ3n) is 1.83. The summed E-state index contributed by atoms with van der Waals surface area (Å²) in [5.74, 6) is -1.30. The smallest absolute Gasteiger partial charge is 0.347 e. The maximum Gasteiger partial charge on any atom is 0.347 e. The van der Waals surface area contributed by atoms with E-state index in [1.807, 2.05) is 0 Å². The fourth-order valence-electron chi connectivity index (χ4n) is 1.11. The van der Waals surface area contributed by atoms with Crippen LogP contribution >= 0.6 is 11.3 Å². The summed E-state index contributed by atoms with van der Waals surface area (Å²) in [7, 11) is -3.90. The number of primary amides is 1. The maximum absolute atomic E-state index is 11.8. The molecule has 18 heavy (non-hydrogen) atoms. The Kier molecular flexibility index (Phi) is 4.64. The molecule has 1 heterocycles. The number of carbonyl (C=O) groups is 2. The quantitative estimate of drug-likeness (QED) is 0.518. The topological polar surface area (TPSA) is 139 Å². The van der Waals surface area contributed by atoms with Crippen LogP contribution in [0, 0.1) is 0 Å². The summed E-state index contributed by atoms with van der Waals surface area (Å²) < 4.78 is 25.7. The Morgan fingerprint density at radius 3 is 2.61 bits per heavy atom. The van der Waals surface area contributed by atoms with Gasteiger partial charge in [-0.05, 0) is 11.4 Å². The molecule has 8 nitrogen and oxygen atoms in total. The lowest BCUT2D eigenvalue weighted by molar-refractivity contribution is 0.0698. The molecule has 1 aromatic rings. The fraction of sp³-hybridized carbons (Fsp3) is 0.250. The highest BCUT2D eigenvalue weighted by atomic mass is 32.2. The van der Waals surface area contributed by atoms with Crippen molar-refractivity contribution in [2.75, 3.05) is 13.1 Å². The number of nitrogens with one attached hydrogen (secondary N) is 2. The second-order valence-corrected chi connectivity index (χ2v) is 5.76. The standard InChI is InChI=1S/C8H11N3O5S2/c9-8(14)10-2-3-11-18(15,16)5-1-4-17-6(5)7(12)13/h1,4,11H,2-3H2,(H,12,13)(H3,9,10,14). The molecule has 0 saturated heterocycles. The molecule has 0 radical (unpaired) electrons. The van der Waals surface area contributed by atoms with E-state index >= 15 is 0 Å². The molecular formula is C8H11N3O5S2. The van der Waals surface area contributed by atoms with E-state index < -0.39 is 22.0 Å². The minimum absolute atomic E-state index is 0.0150. The van der Waals surface area contributed by atoms with Gasteiger partial charge in [-0.2, -0.15) is 0 Å². The second-order valence-electron chi connectivity index (χ2n) is 3.11. The number of carbonyl (C=O) groups excluding carboxylic acids is 1. The average Bonchev–Trinajstić information content (AvgIpc) is 2.73. The Bertz CT molecular complexity index is 551. The number of hydrogen-bond donors (Lipinski definition) is 4. The fourth-order valence-corrected chi connectivity index (χ4v) is 3.40. The summed E-state index contributed by atoms with van der Waals surface area (Å²) in [6.45, 7) is -0.0682. The van der Waals surface area contributed by atoms with Crippen molar-refractivity contribution in [3.05, 3.63) is 16.3 Å². The Morgan fingerprint density at radius 1 is 1.39 bits per heavy atom. The summed E-state index contributed by atoms with van der Waals surface area (Å²) in [6.07, 6.45) is 0. The number of nitrogens with two attached hydrogens (primary N) is 1. The van der Waals surface area contributed by atoms with Crippen LogP contribution in [0.3, 0.4) is 0 Å². The van der Waals surface area contributed by atoms with Gasteiger partial charge >= 0.3 is 12.0 Å². The summed E-state index contributed by atoms with van der Waals surface area (Å²) in [5, 5.41) is 12.4. The van der Waals surface area contributed by atoms with Gasteiger partial charge in [-0.1, -0.05) is 0 Å². The van der Waals surface area contributed by atoms with E-state index in [0.29, 0.717) is 0 Å². The predicted molar refractivity (Wildman–Crippen MR) is 64.1 cm³/mol. The SMILES string of the molecule is NC(=O)NCCNS(=O)(=O)c1ccsc1C(=O)O. The number of carboxylic acids is 1. The summed E-state index contributed by atoms with van der Waals surface area (Å²) in [6, 6.07) is 0.439. The van der Waals surface area contributed by atoms with Crippen molar-refractivity contribution < 1.29 is 23.1 Å². The first-order chi connectivity index (χ1) is 8.34. The number of carboxylic acid groups (broad SMARTS) is 1. The first-order valence-corrected chi connectivity index (χ1v) is 7.04. The van der Waals surface area contributed by atoms with Gasteiger partial charge in [0.1, 0.15) is 9.77 Å². The molecular weight excluding hydrogens is 282 g/mol. The molecule has 10 heteroatoms. The van der Waals surface area contributed by atoms with Crippen LogP contribution in [0.5, 0.6) is 0 Å². The zero-order chi connectivity index (χ0) is 13.8. The van der Waals surface area contributed by atoms with Crippen molar-refractivity contribution in [1.82, 2.24) is 10.0 Å². The molecule has 100 valence electrons. The van der Waals surface area contributed by atoms with Crippen LogP contribution in [-0.2, 0) is 10.0 Å². The normalized spacial score (nSPS) is 11.1. The van der Waals surface area contributed by atoms with Gasteiger partial charge in [0.05, 0.1) is 0 Å². The number of rotatable bonds is 6. The number of aromatic carboxylic acids is 1. The number of amides is 2. The van der Waals surface area contributed by atoms with Crippen LogP contribution in [-0.4, -0.2) is 38.6 Å². The largest absolute Gasteiger partial charge is 0.477 e. The average molecular weight is 293 g/mol. The highest BCUT2D eigenvalue weighted by Gasteiger charge is 2.23. The van der Waals surface area contributed by atoms with Crippen LogP contribution < -0.4 is 15.8 Å². The van der Waals surface area contributed by atoms with Crippen LogP contribution in [0.1, 0.15) is 9.67 Å². The first kappa shape index (κ1) is 14.4. The van der Waals surface area contributed by atoms with Crippen LogP contribution in [0.15, 0.2) is 16.3 Å². The maximum atomic E-state index is 11.8. The molecule has 2 amide bonds. The molecule has 0 aliphatic rings. The second kappa shape index (κ2) is 5.80. The zero-order valence-electron chi connectivity index (χ0n) is 9.04. The minimum atomic E-state index is -3.90. The van der Waals surface area contributed by atoms with Crippen molar-refractivity contribution in [2.24, 2.45) is 5.73 Å². The Morgan fingerprint density at radius 2 is 2.06 bits per heavy atom. The van der Waals surface area contributed by atoms with E-state index in [-0.39, 0.29) is 22.9 Å². The molecule has 0 unspecified atom stereocenters. The molecule has 0 fully saturated rings. The predicted octanol–water partition coefficient (Wildman–Crippen LogP) is -0.607. The lowest BCUT2D eigenvalue weighted by Crippen LogP contribution is -2.37. The van der Waals surface area contributed by atoms with E-state index in [9.17, 15) is 18.0 Å². The number of thiophene rings is 1. The van der Waals surface area contributed by atoms with E-state index in [1.54, 1.807) is 0 Å². The number of sulfonamides is 1. The van der Waals surface area contributed by atoms with Gasteiger partial charge in [0.25, 0.3) is 0 Å². The van der Waals surface area contributed by atoms with E-state index in [4.69, 9.17) is 10.8 Å². The molecule has 1 aromatic heterocycles. The van der Waals surface area contributed by atoms with E-state index in [0.717, 1.165) is 11.3 Å². The summed E-state index contributed by atoms with van der Waals surface area (Å²) >= 11 is 0.820. The molecule has 0 aliphatic carbocycles. The van der Waals surface area contributed by atoms with Gasteiger partial charge in [-0.3, -0.25) is 0 Å². The van der Waals surface area contributed by atoms with Crippen molar-refractivity contribution in [2.45, 2.75) is 4.90 Å². The molecule has 0 bridgehead atoms. The van der Waals surface area contributed by atoms with Gasteiger partial charge in [0.2, 0.25) is 10.0 Å². The number of urea groups is 1. The van der Waals surface area contributed by atoms with Gasteiger partial charge in [-0.15, -0.1) is 11.3 Å². The van der Waals surface area contributed by atoms with Crippen molar-refractivity contribution in [1.29, 1.82) is 0 Å². The zero-order valence-corrected chi connectivity index (χ0v) is 10.7. The first-order valence-electron chi connectivity index (χ1n) is 4.68. The van der Waals surface area contributed by atoms with Crippen molar-refractivity contribution in [3.8, 4) is 0 Å². The lowest BCUT2D eigenvalue weighted by atomic mass is 10.5. The molecule has 0 saturated carbocycles. The van der Waals surface area contributed by atoms with Crippen LogP contribution in [0.2, 0.25) is 0 Å². The van der Waals surface area contributed by atoms with E-state index in [2.05, 4.69) is 10.0 Å². The van der Waals surface area contributed by atoms with Gasteiger partial charge < -0.3 is 16.2 Å². The molecule has 0 aromatic carbocycles. The summed E-state index contributed by atoms with van der Waals surface area (Å²) in [4.78, 5) is 20.6. The molecule has 0 atom stereocenters. The van der Waals surface area contributed by atoms with Gasteiger partial charge in [0, 0.05) is 13.1 Å². The highest BCUT2D eigenvalue weighted by Crippen LogP contribution is 2.21. The highest BCUT2D eigenvalue weighted by molar-refractivity contribution is 7.89. The van der Waals surface area contributed by atoms with Crippen molar-refractivity contribution >= 4 is 33.4 Å².